The molecule has 3 nitrogen and oxygen atoms in total. The fourth-order valence-corrected chi connectivity index (χ4v) is 1.19. The van der Waals surface area contributed by atoms with Gasteiger partial charge in [0.2, 0.25) is 0 Å². The molecule has 0 aromatic carbocycles. The van der Waals surface area contributed by atoms with Crippen LogP contribution in [0.3, 0.4) is 0 Å². The van der Waals surface area contributed by atoms with Gasteiger partial charge in [-0.15, -0.1) is 0 Å². The zero-order valence-corrected chi connectivity index (χ0v) is 7.52. The summed E-state index contributed by atoms with van der Waals surface area (Å²) in [4.78, 5) is 3.94. The summed E-state index contributed by atoms with van der Waals surface area (Å²) in [5.41, 5.74) is 5.32. The van der Waals surface area contributed by atoms with E-state index in [2.05, 4.69) is 17.9 Å². The van der Waals surface area contributed by atoms with Gasteiger partial charge in [-0.25, -0.2) is 10.4 Å². The van der Waals surface area contributed by atoms with Crippen molar-refractivity contribution < 1.29 is 0 Å². The lowest BCUT2D eigenvalue weighted by Crippen LogP contribution is -2.34. The molecular formula is C8H17N3. The van der Waals surface area contributed by atoms with Crippen LogP contribution >= 0.6 is 0 Å². The maximum Gasteiger partial charge on any atom is 0.0867 e. The lowest BCUT2D eigenvalue weighted by molar-refractivity contribution is 0.323. The highest BCUT2D eigenvalue weighted by molar-refractivity contribution is 5.37. The molecule has 0 fully saturated rings. The lowest BCUT2D eigenvalue weighted by atomic mass is 9.86. The largest absolute Gasteiger partial charge is 0.330 e. The van der Waals surface area contributed by atoms with E-state index in [4.69, 9.17) is 11.1 Å². The number of hydrogen-bond donors (Lipinski definition) is 2. The average molecular weight is 155 g/mol. The Morgan fingerprint density at radius 3 is 2.45 bits per heavy atom. The topological polar surface area (TPSA) is 62.2 Å². The van der Waals surface area contributed by atoms with E-state index in [1.54, 1.807) is 0 Å². The van der Waals surface area contributed by atoms with Crippen LogP contribution < -0.4 is 5.73 Å². The van der Waals surface area contributed by atoms with E-state index in [9.17, 15) is 0 Å². The minimum atomic E-state index is -0.231. The Balaban J connectivity index is 4.35. The third kappa shape index (κ3) is 2.83. The minimum absolute atomic E-state index is 0.231. The van der Waals surface area contributed by atoms with Gasteiger partial charge in [0.1, 0.15) is 0 Å². The number of nitrogens with one attached hydrogen (secondary N) is 1. The van der Waals surface area contributed by atoms with E-state index >= 15 is 0 Å². The molecule has 0 amide bonds. The van der Waals surface area contributed by atoms with E-state index in [1.807, 2.05) is 13.8 Å². The molecule has 3 heteroatoms. The molecule has 0 aromatic heterocycles. The summed E-state index contributed by atoms with van der Waals surface area (Å²) >= 11 is 0. The summed E-state index contributed by atoms with van der Waals surface area (Å²) in [7, 11) is 0. The molecule has 0 rings (SSSR count). The fourth-order valence-electron chi connectivity index (χ4n) is 1.19. The summed E-state index contributed by atoms with van der Waals surface area (Å²) in [6.45, 7) is 6.67. The van der Waals surface area contributed by atoms with Crippen molar-refractivity contribution in [2.24, 2.45) is 16.6 Å². The maximum absolute atomic E-state index is 6.74. The quantitative estimate of drug-likeness (QED) is 0.594. The van der Waals surface area contributed by atoms with Crippen molar-refractivity contribution in [2.45, 2.75) is 32.7 Å². The van der Waals surface area contributed by atoms with Crippen LogP contribution in [-0.2, 0) is 0 Å². The number of nitrogens with zero attached hydrogens (tertiary/aromatic N) is 1. The molecular weight excluding hydrogens is 138 g/mol. The first-order valence-corrected chi connectivity index (χ1v) is 3.92. The first kappa shape index (κ1) is 10.3. The van der Waals surface area contributed by atoms with Crippen LogP contribution in [0.4, 0.5) is 0 Å². The monoisotopic (exact) mass is 155 g/mol. The molecule has 0 aromatic rings. The summed E-state index contributed by atoms with van der Waals surface area (Å²) in [6.07, 6.45) is 0.995. The van der Waals surface area contributed by atoms with E-state index < -0.39 is 0 Å². The minimum Gasteiger partial charge on any atom is -0.330 e. The smallest absolute Gasteiger partial charge is 0.0867 e. The van der Waals surface area contributed by atoms with Crippen LogP contribution in [-0.4, -0.2) is 18.1 Å². The van der Waals surface area contributed by atoms with E-state index in [1.165, 1.54) is 0 Å². The van der Waals surface area contributed by atoms with E-state index in [0.29, 0.717) is 12.5 Å². The molecule has 0 radical (unpaired) electrons. The normalized spacial score (nSPS) is 13.8. The van der Waals surface area contributed by atoms with Gasteiger partial charge in [0.25, 0.3) is 0 Å². The standard InChI is InChI=1S/C8H17N3/c1-4-7(5-9)8(2,3)11-6-10/h7,10H,4-5,9H2,1-3H3. The molecule has 0 aliphatic carbocycles. The maximum atomic E-state index is 6.74. The second-order valence-corrected chi connectivity index (χ2v) is 3.22. The van der Waals surface area contributed by atoms with Gasteiger partial charge in [0.15, 0.2) is 0 Å². The first-order valence-electron chi connectivity index (χ1n) is 3.92. The molecule has 0 spiro atoms. The van der Waals surface area contributed by atoms with Gasteiger partial charge < -0.3 is 5.73 Å². The van der Waals surface area contributed by atoms with Crippen LogP contribution in [0.25, 0.3) is 0 Å². The lowest BCUT2D eigenvalue weighted by Gasteiger charge is -2.27. The van der Waals surface area contributed by atoms with E-state index in [0.717, 1.165) is 6.42 Å². The molecule has 0 aliphatic rings. The summed E-state index contributed by atoms with van der Waals surface area (Å²) in [5, 5.41) is 6.74. The van der Waals surface area contributed by atoms with Crippen molar-refractivity contribution >= 4 is 6.01 Å². The molecule has 1 atom stereocenters. The van der Waals surface area contributed by atoms with Gasteiger partial charge in [-0.2, -0.15) is 0 Å². The Hall–Kier alpha value is -0.660. The Bertz CT molecular complexity index is 153. The molecule has 0 saturated heterocycles. The second-order valence-electron chi connectivity index (χ2n) is 3.22. The van der Waals surface area contributed by atoms with Crippen molar-refractivity contribution in [3.63, 3.8) is 0 Å². The van der Waals surface area contributed by atoms with Crippen molar-refractivity contribution in [3.05, 3.63) is 0 Å². The van der Waals surface area contributed by atoms with Crippen LogP contribution in [0.1, 0.15) is 27.2 Å². The first-order chi connectivity index (χ1) is 5.08. The van der Waals surface area contributed by atoms with Crippen molar-refractivity contribution in [1.82, 2.24) is 0 Å². The van der Waals surface area contributed by atoms with Gasteiger partial charge in [-0.1, -0.05) is 6.92 Å². The van der Waals surface area contributed by atoms with Crippen LogP contribution in [0, 0.1) is 11.3 Å². The van der Waals surface area contributed by atoms with Gasteiger partial charge >= 0.3 is 0 Å². The summed E-state index contributed by atoms with van der Waals surface area (Å²) in [6, 6.07) is 2.08. The molecule has 64 valence electrons. The molecule has 0 aliphatic heterocycles. The molecule has 3 N–H and O–H groups in total. The molecule has 0 heterocycles. The Kier molecular flexibility index (Phi) is 4.01. The summed E-state index contributed by atoms with van der Waals surface area (Å²) in [5.74, 6) is 0.348. The molecule has 0 bridgehead atoms. The molecule has 1 unspecified atom stereocenters. The van der Waals surface area contributed by atoms with Crippen LogP contribution in [0.2, 0.25) is 0 Å². The van der Waals surface area contributed by atoms with Gasteiger partial charge in [-0.05, 0) is 32.7 Å². The predicted octanol–water partition coefficient (Wildman–Crippen LogP) is 1.50. The van der Waals surface area contributed by atoms with Gasteiger partial charge in [-0.3, -0.25) is 0 Å². The predicted molar refractivity (Wildman–Crippen MR) is 47.1 cm³/mol. The number of aliphatic imine (C=N–C) groups is 1. The second kappa shape index (κ2) is 4.27. The highest BCUT2D eigenvalue weighted by Gasteiger charge is 2.25. The number of hydrogen-bond acceptors (Lipinski definition) is 3. The Morgan fingerprint density at radius 1 is 1.64 bits per heavy atom. The van der Waals surface area contributed by atoms with Crippen LogP contribution in [0.15, 0.2) is 4.99 Å². The zero-order valence-electron chi connectivity index (χ0n) is 7.52. The molecule has 0 saturated carbocycles. The number of nitrogens with two attached hydrogens (primary N) is 1. The SMILES string of the molecule is CCC(CN)C(C)(C)N=C=N. The van der Waals surface area contributed by atoms with Crippen LogP contribution in [0.5, 0.6) is 0 Å². The average Bonchev–Trinajstić information content (AvgIpc) is 1.89. The third-order valence-corrected chi connectivity index (χ3v) is 2.12. The van der Waals surface area contributed by atoms with Gasteiger partial charge in [0.05, 0.1) is 11.5 Å². The Morgan fingerprint density at radius 2 is 2.18 bits per heavy atom. The Labute approximate surface area is 68.2 Å². The third-order valence-electron chi connectivity index (χ3n) is 2.12. The zero-order chi connectivity index (χ0) is 8.91. The molecule has 11 heavy (non-hydrogen) atoms. The number of rotatable bonds is 4. The van der Waals surface area contributed by atoms with Crippen molar-refractivity contribution in [2.75, 3.05) is 6.54 Å². The highest BCUT2D eigenvalue weighted by atomic mass is 14.9. The fraction of sp³-hybridized carbons (Fsp3) is 0.875. The van der Waals surface area contributed by atoms with E-state index in [-0.39, 0.29) is 5.54 Å². The van der Waals surface area contributed by atoms with Crippen molar-refractivity contribution in [1.29, 1.82) is 5.41 Å². The summed E-state index contributed by atoms with van der Waals surface area (Å²) < 4.78 is 0. The highest BCUT2D eigenvalue weighted by Crippen LogP contribution is 2.22. The van der Waals surface area contributed by atoms with Gasteiger partial charge in [0, 0.05) is 0 Å². The van der Waals surface area contributed by atoms with Crippen molar-refractivity contribution in [3.8, 4) is 0 Å².